The number of benzene rings is 1. The van der Waals surface area contributed by atoms with Crippen molar-refractivity contribution in [1.29, 1.82) is 0 Å². The van der Waals surface area contributed by atoms with Gasteiger partial charge in [-0.2, -0.15) is 0 Å². The quantitative estimate of drug-likeness (QED) is 0.557. The van der Waals surface area contributed by atoms with Gasteiger partial charge in [0.15, 0.2) is 0 Å². The minimum atomic E-state index is 0.286. The van der Waals surface area contributed by atoms with Crippen molar-refractivity contribution in [2.24, 2.45) is 0 Å². The molecule has 4 aromatic rings. The zero-order valence-electron chi connectivity index (χ0n) is 13.5. The summed E-state index contributed by atoms with van der Waals surface area (Å²) in [6, 6.07) is 8.20. The van der Waals surface area contributed by atoms with Crippen molar-refractivity contribution in [3.63, 3.8) is 0 Å². The second kappa shape index (κ2) is 6.68. The maximum Gasteiger partial charge on any atom is 0.220 e. The molecule has 3 heterocycles. The molecule has 0 aliphatic carbocycles. The molecule has 0 amide bonds. The Bertz CT molecular complexity index is 1010. The normalized spacial score (nSPS) is 11.2. The lowest BCUT2D eigenvalue weighted by molar-refractivity contribution is 0.573. The number of aryl methyl sites for hydroxylation is 2. The highest BCUT2D eigenvalue weighted by Crippen LogP contribution is 2.32. The molecular formula is C18H17BrN6. The van der Waals surface area contributed by atoms with Crippen LogP contribution in [0.2, 0.25) is 0 Å². The lowest BCUT2D eigenvalue weighted by atomic mass is 10.1. The first-order valence-electron chi connectivity index (χ1n) is 8.04. The third kappa shape index (κ3) is 3.28. The molecule has 0 saturated heterocycles. The van der Waals surface area contributed by atoms with Crippen LogP contribution in [0.15, 0.2) is 59.9 Å². The van der Waals surface area contributed by atoms with Crippen LogP contribution in [0.3, 0.4) is 0 Å². The number of hydrogen-bond acceptors (Lipinski definition) is 4. The third-order valence-electron chi connectivity index (χ3n) is 4.17. The van der Waals surface area contributed by atoms with Crippen LogP contribution in [0, 0.1) is 0 Å². The average molecular weight is 397 g/mol. The van der Waals surface area contributed by atoms with E-state index in [4.69, 9.17) is 5.73 Å². The summed E-state index contributed by atoms with van der Waals surface area (Å²) < 4.78 is 5.40. The summed E-state index contributed by atoms with van der Waals surface area (Å²) in [5, 5.41) is 1.15. The molecule has 0 radical (unpaired) electrons. The van der Waals surface area contributed by atoms with Gasteiger partial charge in [0.1, 0.15) is 0 Å². The number of anilines is 1. The molecule has 0 unspecified atom stereocenters. The SMILES string of the molecule is Nc1nccc(-c2cn(CCCn3ccnc3)c3ccc(Br)cc23)n1. The number of nitrogen functional groups attached to an aromatic ring is 1. The molecule has 7 heteroatoms. The Morgan fingerprint density at radius 1 is 1.12 bits per heavy atom. The van der Waals surface area contributed by atoms with Gasteiger partial charge < -0.3 is 14.9 Å². The zero-order chi connectivity index (χ0) is 17.2. The zero-order valence-corrected chi connectivity index (χ0v) is 15.1. The minimum absolute atomic E-state index is 0.286. The highest BCUT2D eigenvalue weighted by atomic mass is 79.9. The van der Waals surface area contributed by atoms with Gasteiger partial charge in [0, 0.05) is 58.8 Å². The lowest BCUT2D eigenvalue weighted by Crippen LogP contribution is -2.01. The Hall–Kier alpha value is -2.67. The second-order valence-electron chi connectivity index (χ2n) is 5.85. The van der Waals surface area contributed by atoms with Crippen molar-refractivity contribution in [2.45, 2.75) is 19.5 Å². The van der Waals surface area contributed by atoms with Gasteiger partial charge >= 0.3 is 0 Å². The van der Waals surface area contributed by atoms with Gasteiger partial charge in [0.25, 0.3) is 0 Å². The predicted octanol–water partition coefficient (Wildman–Crippen LogP) is 3.73. The molecule has 0 aliphatic heterocycles. The maximum absolute atomic E-state index is 5.76. The summed E-state index contributed by atoms with van der Waals surface area (Å²) in [5.74, 6) is 0.286. The van der Waals surface area contributed by atoms with Crippen LogP contribution in [0.5, 0.6) is 0 Å². The molecule has 0 spiro atoms. The van der Waals surface area contributed by atoms with E-state index in [0.29, 0.717) is 0 Å². The fourth-order valence-electron chi connectivity index (χ4n) is 3.02. The van der Waals surface area contributed by atoms with Crippen LogP contribution in [0.25, 0.3) is 22.2 Å². The largest absolute Gasteiger partial charge is 0.368 e. The average Bonchev–Trinajstić information content (AvgIpc) is 3.23. The molecule has 0 saturated carbocycles. The van der Waals surface area contributed by atoms with Crippen molar-refractivity contribution >= 4 is 32.8 Å². The van der Waals surface area contributed by atoms with Crippen molar-refractivity contribution in [2.75, 3.05) is 5.73 Å². The molecule has 0 fully saturated rings. The molecule has 0 bridgehead atoms. The monoisotopic (exact) mass is 396 g/mol. The Kier molecular flexibility index (Phi) is 4.23. The third-order valence-corrected chi connectivity index (χ3v) is 4.66. The smallest absolute Gasteiger partial charge is 0.220 e. The van der Waals surface area contributed by atoms with Gasteiger partial charge in [-0.15, -0.1) is 0 Å². The minimum Gasteiger partial charge on any atom is -0.368 e. The standard InChI is InChI=1S/C18H17BrN6/c19-13-2-3-17-14(10-13)15(16-4-5-22-18(20)23-16)11-25(17)8-1-7-24-9-6-21-12-24/h2-6,9-12H,1,7-8H2,(H2,20,22,23). The summed E-state index contributed by atoms with van der Waals surface area (Å²) in [4.78, 5) is 12.5. The second-order valence-corrected chi connectivity index (χ2v) is 6.77. The van der Waals surface area contributed by atoms with E-state index in [1.807, 2.05) is 18.6 Å². The van der Waals surface area contributed by atoms with Crippen LogP contribution in [0.4, 0.5) is 5.95 Å². The van der Waals surface area contributed by atoms with E-state index in [9.17, 15) is 0 Å². The molecule has 3 aromatic heterocycles. The van der Waals surface area contributed by atoms with Gasteiger partial charge in [0.05, 0.1) is 12.0 Å². The van der Waals surface area contributed by atoms with E-state index in [0.717, 1.165) is 40.6 Å². The molecular weight excluding hydrogens is 380 g/mol. The fraction of sp³-hybridized carbons (Fsp3) is 0.167. The molecule has 6 nitrogen and oxygen atoms in total. The van der Waals surface area contributed by atoms with Crippen LogP contribution < -0.4 is 5.73 Å². The number of hydrogen-bond donors (Lipinski definition) is 1. The van der Waals surface area contributed by atoms with Crippen LogP contribution in [0.1, 0.15) is 6.42 Å². The number of fused-ring (bicyclic) bond motifs is 1. The highest BCUT2D eigenvalue weighted by Gasteiger charge is 2.12. The predicted molar refractivity (Wildman–Crippen MR) is 102 cm³/mol. The topological polar surface area (TPSA) is 74.5 Å². The first-order valence-corrected chi connectivity index (χ1v) is 8.83. The van der Waals surface area contributed by atoms with Crippen LogP contribution in [-0.2, 0) is 13.1 Å². The molecule has 4 rings (SSSR count). The fourth-order valence-corrected chi connectivity index (χ4v) is 3.39. The molecule has 1 aromatic carbocycles. The van der Waals surface area contributed by atoms with Gasteiger partial charge in [-0.1, -0.05) is 15.9 Å². The Morgan fingerprint density at radius 3 is 2.84 bits per heavy atom. The number of imidazole rings is 1. The van der Waals surface area contributed by atoms with Gasteiger partial charge in [-0.3, -0.25) is 0 Å². The summed E-state index contributed by atoms with van der Waals surface area (Å²) in [7, 11) is 0. The van der Waals surface area contributed by atoms with Crippen molar-refractivity contribution in [3.8, 4) is 11.3 Å². The Labute approximate surface area is 153 Å². The van der Waals surface area contributed by atoms with Gasteiger partial charge in [0.2, 0.25) is 5.95 Å². The van der Waals surface area contributed by atoms with E-state index in [1.54, 1.807) is 12.4 Å². The summed E-state index contributed by atoms with van der Waals surface area (Å²) in [6.45, 7) is 1.85. The molecule has 25 heavy (non-hydrogen) atoms. The molecule has 0 aliphatic rings. The van der Waals surface area contributed by atoms with E-state index >= 15 is 0 Å². The summed E-state index contributed by atoms with van der Waals surface area (Å²) in [6.07, 6.45) is 10.5. The summed E-state index contributed by atoms with van der Waals surface area (Å²) >= 11 is 3.56. The Morgan fingerprint density at radius 2 is 2.04 bits per heavy atom. The van der Waals surface area contributed by atoms with E-state index in [-0.39, 0.29) is 5.95 Å². The highest BCUT2D eigenvalue weighted by molar-refractivity contribution is 9.10. The molecule has 0 atom stereocenters. The van der Waals surface area contributed by atoms with Gasteiger partial charge in [-0.05, 0) is 30.7 Å². The van der Waals surface area contributed by atoms with Crippen LogP contribution >= 0.6 is 15.9 Å². The van der Waals surface area contributed by atoms with Crippen molar-refractivity contribution in [3.05, 3.63) is 59.9 Å². The molecule has 126 valence electrons. The number of nitrogens with two attached hydrogens (primary N) is 1. The number of nitrogens with zero attached hydrogens (tertiary/aromatic N) is 5. The molecule has 2 N–H and O–H groups in total. The Balaban J connectivity index is 1.69. The first-order chi connectivity index (χ1) is 12.2. The van der Waals surface area contributed by atoms with E-state index in [2.05, 4.69) is 64.4 Å². The number of rotatable bonds is 5. The lowest BCUT2D eigenvalue weighted by Gasteiger charge is -2.06. The number of aromatic nitrogens is 5. The van der Waals surface area contributed by atoms with E-state index in [1.165, 1.54) is 5.52 Å². The number of halogens is 1. The maximum atomic E-state index is 5.76. The van der Waals surface area contributed by atoms with Crippen molar-refractivity contribution in [1.82, 2.24) is 24.1 Å². The van der Waals surface area contributed by atoms with Gasteiger partial charge in [-0.25, -0.2) is 15.0 Å². The van der Waals surface area contributed by atoms with E-state index < -0.39 is 0 Å². The van der Waals surface area contributed by atoms with Crippen LogP contribution in [-0.4, -0.2) is 24.1 Å². The summed E-state index contributed by atoms with van der Waals surface area (Å²) in [5.41, 5.74) is 8.85. The first kappa shape index (κ1) is 15.8. The van der Waals surface area contributed by atoms with Crippen molar-refractivity contribution < 1.29 is 0 Å².